The zero-order valence-corrected chi connectivity index (χ0v) is 23.1. The number of aliphatic hydroxyl groups excluding tert-OH is 1. The molecule has 6 heteroatoms. The van der Waals surface area contributed by atoms with Crippen molar-refractivity contribution >= 4 is 23.1 Å². The Bertz CT molecular complexity index is 1320. The standard InChI is InChI=1S/C33H37NO5/c1-5-6-9-20-38-26-16-12-24(13-17-26)31(35)29-30(28-11-8-7-10-23(28)4)34(33(37)32(29)36)25-14-18-27(19-15-25)39-21-22(2)3/h7-8,10-19,22,30,35H,5-6,9,20-21H2,1-4H3/b31-29-. The zero-order chi connectivity index (χ0) is 27.9. The first kappa shape index (κ1) is 28.0. The number of aryl methyl sites for hydroxylation is 1. The topological polar surface area (TPSA) is 76.1 Å². The third-order valence-electron chi connectivity index (χ3n) is 6.77. The number of carbonyl (C=O) groups excluding carboxylic acids is 2. The monoisotopic (exact) mass is 527 g/mol. The van der Waals surface area contributed by atoms with Gasteiger partial charge in [-0.2, -0.15) is 0 Å². The molecule has 1 aliphatic heterocycles. The Balaban J connectivity index is 1.72. The van der Waals surface area contributed by atoms with Gasteiger partial charge in [0.05, 0.1) is 24.8 Å². The molecule has 39 heavy (non-hydrogen) atoms. The maximum atomic E-state index is 13.5. The van der Waals surface area contributed by atoms with Crippen LogP contribution in [0.4, 0.5) is 5.69 Å². The fraction of sp³-hybridized carbons (Fsp3) is 0.333. The lowest BCUT2D eigenvalue weighted by Crippen LogP contribution is -2.29. The van der Waals surface area contributed by atoms with Crippen LogP contribution in [0.5, 0.6) is 11.5 Å². The molecule has 0 radical (unpaired) electrons. The highest BCUT2D eigenvalue weighted by Gasteiger charge is 2.47. The summed E-state index contributed by atoms with van der Waals surface area (Å²) in [5.74, 6) is 0.146. The van der Waals surface area contributed by atoms with Crippen molar-refractivity contribution in [1.29, 1.82) is 0 Å². The van der Waals surface area contributed by atoms with E-state index in [2.05, 4.69) is 20.8 Å². The van der Waals surface area contributed by atoms with E-state index < -0.39 is 17.7 Å². The smallest absolute Gasteiger partial charge is 0.300 e. The predicted molar refractivity (Wildman–Crippen MR) is 154 cm³/mol. The molecule has 3 aromatic carbocycles. The highest BCUT2D eigenvalue weighted by atomic mass is 16.5. The van der Waals surface area contributed by atoms with Crippen LogP contribution >= 0.6 is 0 Å². The van der Waals surface area contributed by atoms with E-state index in [1.807, 2.05) is 31.2 Å². The number of unbranched alkanes of at least 4 members (excludes halogenated alkanes) is 2. The van der Waals surface area contributed by atoms with Crippen LogP contribution in [0.1, 0.15) is 62.8 Å². The van der Waals surface area contributed by atoms with Gasteiger partial charge in [0.15, 0.2) is 0 Å². The van der Waals surface area contributed by atoms with Gasteiger partial charge in [0, 0.05) is 11.3 Å². The van der Waals surface area contributed by atoms with Crippen molar-refractivity contribution < 1.29 is 24.2 Å². The van der Waals surface area contributed by atoms with Crippen molar-refractivity contribution in [2.75, 3.05) is 18.1 Å². The minimum atomic E-state index is -0.779. The molecule has 6 nitrogen and oxygen atoms in total. The van der Waals surface area contributed by atoms with Gasteiger partial charge in [-0.05, 0) is 78.9 Å². The lowest BCUT2D eigenvalue weighted by atomic mass is 9.92. The zero-order valence-electron chi connectivity index (χ0n) is 23.1. The molecule has 1 aliphatic rings. The molecule has 0 bridgehead atoms. The van der Waals surface area contributed by atoms with Crippen LogP contribution in [-0.4, -0.2) is 30.0 Å². The van der Waals surface area contributed by atoms with E-state index in [0.717, 1.165) is 30.4 Å². The summed E-state index contributed by atoms with van der Waals surface area (Å²) < 4.78 is 11.6. The Labute approximate surface area is 230 Å². The Morgan fingerprint density at radius 3 is 2.18 bits per heavy atom. The molecule has 0 aromatic heterocycles. The predicted octanol–water partition coefficient (Wildman–Crippen LogP) is 7.23. The molecular formula is C33H37NO5. The Morgan fingerprint density at radius 1 is 0.897 bits per heavy atom. The quantitative estimate of drug-likeness (QED) is 0.123. The van der Waals surface area contributed by atoms with Crippen LogP contribution in [0.15, 0.2) is 78.4 Å². The van der Waals surface area contributed by atoms with Crippen molar-refractivity contribution in [1.82, 2.24) is 0 Å². The Hall–Kier alpha value is -4.06. The number of Topliss-reactive ketones (excluding diaryl/α,β-unsaturated/α-hetero) is 1. The van der Waals surface area contributed by atoms with E-state index >= 15 is 0 Å². The van der Waals surface area contributed by atoms with Crippen molar-refractivity contribution in [3.05, 3.63) is 95.1 Å². The van der Waals surface area contributed by atoms with E-state index in [-0.39, 0.29) is 11.3 Å². The SMILES string of the molecule is CCCCCOc1ccc(/C(O)=C2/C(=O)C(=O)N(c3ccc(OCC(C)C)cc3)C2c2ccccc2C)cc1. The molecule has 1 heterocycles. The molecule has 1 unspecified atom stereocenters. The van der Waals surface area contributed by atoms with Crippen LogP contribution < -0.4 is 14.4 Å². The molecule has 1 amide bonds. The minimum absolute atomic E-state index is 0.0612. The summed E-state index contributed by atoms with van der Waals surface area (Å²) in [5.41, 5.74) is 2.75. The van der Waals surface area contributed by atoms with Crippen LogP contribution in [0.3, 0.4) is 0 Å². The van der Waals surface area contributed by atoms with E-state index in [4.69, 9.17) is 9.47 Å². The molecule has 0 spiro atoms. The largest absolute Gasteiger partial charge is 0.507 e. The highest BCUT2D eigenvalue weighted by Crippen LogP contribution is 2.43. The molecule has 1 N–H and O–H groups in total. The molecule has 1 atom stereocenters. The van der Waals surface area contributed by atoms with Gasteiger partial charge in [-0.15, -0.1) is 0 Å². The molecule has 204 valence electrons. The van der Waals surface area contributed by atoms with Gasteiger partial charge in [-0.1, -0.05) is 57.9 Å². The average molecular weight is 528 g/mol. The first-order valence-electron chi connectivity index (χ1n) is 13.6. The number of benzene rings is 3. The van der Waals surface area contributed by atoms with Crippen molar-refractivity contribution in [3.8, 4) is 11.5 Å². The first-order chi connectivity index (χ1) is 18.8. The number of ketones is 1. The minimum Gasteiger partial charge on any atom is -0.507 e. The highest BCUT2D eigenvalue weighted by molar-refractivity contribution is 6.51. The van der Waals surface area contributed by atoms with Crippen molar-refractivity contribution in [3.63, 3.8) is 0 Å². The van der Waals surface area contributed by atoms with Gasteiger partial charge < -0.3 is 14.6 Å². The third-order valence-corrected chi connectivity index (χ3v) is 6.77. The Kier molecular flexibility index (Phi) is 9.07. The average Bonchev–Trinajstić information content (AvgIpc) is 3.20. The molecule has 1 fully saturated rings. The maximum Gasteiger partial charge on any atom is 0.300 e. The molecule has 0 saturated carbocycles. The van der Waals surface area contributed by atoms with Gasteiger partial charge in [-0.25, -0.2) is 0 Å². The number of carbonyl (C=O) groups is 2. The van der Waals surface area contributed by atoms with E-state index in [9.17, 15) is 14.7 Å². The molecule has 0 aliphatic carbocycles. The number of ether oxygens (including phenoxy) is 2. The number of aliphatic hydroxyl groups is 1. The molecule has 1 saturated heterocycles. The fourth-order valence-electron chi connectivity index (χ4n) is 4.66. The maximum absolute atomic E-state index is 13.5. The van der Waals surface area contributed by atoms with Crippen LogP contribution in [0, 0.1) is 12.8 Å². The number of hydrogen-bond acceptors (Lipinski definition) is 5. The summed E-state index contributed by atoms with van der Waals surface area (Å²) in [6.07, 6.45) is 3.19. The summed E-state index contributed by atoms with van der Waals surface area (Å²) in [7, 11) is 0. The van der Waals surface area contributed by atoms with Gasteiger partial charge in [0.1, 0.15) is 17.3 Å². The van der Waals surface area contributed by atoms with Gasteiger partial charge in [0.25, 0.3) is 11.7 Å². The summed E-state index contributed by atoms with van der Waals surface area (Å²) in [6, 6.07) is 20.9. The molecule has 3 aromatic rings. The fourth-order valence-corrected chi connectivity index (χ4v) is 4.66. The normalized spacial score (nSPS) is 16.6. The molecule has 4 rings (SSSR count). The Morgan fingerprint density at radius 2 is 1.54 bits per heavy atom. The van der Waals surface area contributed by atoms with Crippen LogP contribution in [0.2, 0.25) is 0 Å². The number of nitrogens with zero attached hydrogens (tertiary/aromatic N) is 1. The second-order valence-electron chi connectivity index (χ2n) is 10.3. The number of anilines is 1. The second kappa shape index (κ2) is 12.7. The lowest BCUT2D eigenvalue weighted by molar-refractivity contribution is -0.132. The van der Waals surface area contributed by atoms with E-state index in [0.29, 0.717) is 41.9 Å². The van der Waals surface area contributed by atoms with Crippen molar-refractivity contribution in [2.24, 2.45) is 5.92 Å². The number of hydrogen-bond donors (Lipinski definition) is 1. The van der Waals surface area contributed by atoms with Gasteiger partial charge in [0.2, 0.25) is 0 Å². The lowest BCUT2D eigenvalue weighted by Gasteiger charge is -2.27. The summed E-state index contributed by atoms with van der Waals surface area (Å²) in [6.45, 7) is 9.43. The van der Waals surface area contributed by atoms with Crippen LogP contribution in [0.25, 0.3) is 5.76 Å². The van der Waals surface area contributed by atoms with Gasteiger partial charge in [-0.3, -0.25) is 14.5 Å². The summed E-state index contributed by atoms with van der Waals surface area (Å²) in [5, 5.41) is 11.4. The molecular weight excluding hydrogens is 490 g/mol. The van der Waals surface area contributed by atoms with Crippen molar-refractivity contribution in [2.45, 2.75) is 53.0 Å². The first-order valence-corrected chi connectivity index (χ1v) is 13.6. The van der Waals surface area contributed by atoms with E-state index in [1.165, 1.54) is 4.90 Å². The third kappa shape index (κ3) is 6.33. The van der Waals surface area contributed by atoms with Gasteiger partial charge >= 0.3 is 0 Å². The number of rotatable bonds is 11. The summed E-state index contributed by atoms with van der Waals surface area (Å²) in [4.78, 5) is 28.4. The second-order valence-corrected chi connectivity index (χ2v) is 10.3. The van der Waals surface area contributed by atoms with E-state index in [1.54, 1.807) is 48.5 Å². The number of amides is 1. The summed E-state index contributed by atoms with van der Waals surface area (Å²) >= 11 is 0. The van der Waals surface area contributed by atoms with Crippen LogP contribution in [-0.2, 0) is 9.59 Å².